The molecule has 0 atom stereocenters. The number of carbonyl (C=O) groups is 1. The van der Waals surface area contributed by atoms with Gasteiger partial charge in [-0.3, -0.25) is 4.79 Å². The zero-order valence-electron chi connectivity index (χ0n) is 17.0. The summed E-state index contributed by atoms with van der Waals surface area (Å²) in [5.41, 5.74) is 3.65. The van der Waals surface area contributed by atoms with Gasteiger partial charge in [0.1, 0.15) is 0 Å². The maximum atomic E-state index is 12.3. The predicted octanol–water partition coefficient (Wildman–Crippen LogP) is 4.42. The van der Waals surface area contributed by atoms with Crippen molar-refractivity contribution in [1.82, 2.24) is 5.43 Å². The number of halogens is 1. The van der Waals surface area contributed by atoms with Gasteiger partial charge in [-0.05, 0) is 65.2 Å². The van der Waals surface area contributed by atoms with E-state index in [1.165, 1.54) is 20.4 Å². The summed E-state index contributed by atoms with van der Waals surface area (Å²) >= 11 is 3.51. The highest BCUT2D eigenvalue weighted by Crippen LogP contribution is 2.36. The Labute approximate surface area is 179 Å². The van der Waals surface area contributed by atoms with E-state index in [1.807, 2.05) is 26.0 Å². The number of rotatable bonds is 10. The van der Waals surface area contributed by atoms with Crippen molar-refractivity contribution in [3.63, 3.8) is 0 Å². The van der Waals surface area contributed by atoms with E-state index in [9.17, 15) is 4.79 Å². The lowest BCUT2D eigenvalue weighted by Crippen LogP contribution is -2.17. The summed E-state index contributed by atoms with van der Waals surface area (Å²) in [6, 6.07) is 8.55. The van der Waals surface area contributed by atoms with Gasteiger partial charge in [0.25, 0.3) is 5.91 Å². The molecule has 1 N–H and O–H groups in total. The Morgan fingerprint density at radius 1 is 1.07 bits per heavy atom. The van der Waals surface area contributed by atoms with Crippen molar-refractivity contribution in [1.29, 1.82) is 0 Å². The number of benzene rings is 2. The van der Waals surface area contributed by atoms with Gasteiger partial charge in [0.2, 0.25) is 0 Å². The van der Waals surface area contributed by atoms with Crippen LogP contribution in [0, 0.1) is 0 Å². The number of ether oxygens (including phenoxy) is 4. The first-order valence-corrected chi connectivity index (χ1v) is 9.97. The van der Waals surface area contributed by atoms with Crippen LogP contribution in [-0.4, -0.2) is 39.6 Å². The first-order valence-electron chi connectivity index (χ1n) is 9.18. The van der Waals surface area contributed by atoms with Crippen LogP contribution in [0.4, 0.5) is 0 Å². The normalized spacial score (nSPS) is 10.7. The summed E-state index contributed by atoms with van der Waals surface area (Å²) in [7, 11) is 3.05. The lowest BCUT2D eigenvalue weighted by molar-refractivity contribution is 0.0954. The Morgan fingerprint density at radius 3 is 2.48 bits per heavy atom. The molecule has 0 aliphatic carbocycles. The predicted molar refractivity (Wildman–Crippen MR) is 116 cm³/mol. The van der Waals surface area contributed by atoms with Crippen molar-refractivity contribution in [3.8, 4) is 23.0 Å². The maximum absolute atomic E-state index is 12.3. The van der Waals surface area contributed by atoms with Crippen LogP contribution in [-0.2, 0) is 0 Å². The number of carbonyl (C=O) groups excluding carboxylic acids is 1. The standard InChI is InChI=1S/C21H25BrN2O5/c1-5-9-29-20-16(22)10-14(11-19(20)28-6-2)13-23-24-21(25)15-7-8-17(26-3)18(12-15)27-4/h7-8,10-13H,5-6,9H2,1-4H3,(H,24,25)/b23-13+. The van der Waals surface area contributed by atoms with Crippen LogP contribution in [0.15, 0.2) is 39.9 Å². The molecule has 0 aliphatic rings. The highest BCUT2D eigenvalue weighted by Gasteiger charge is 2.12. The van der Waals surface area contributed by atoms with Crippen LogP contribution in [0.2, 0.25) is 0 Å². The highest BCUT2D eigenvalue weighted by molar-refractivity contribution is 9.10. The molecular weight excluding hydrogens is 440 g/mol. The monoisotopic (exact) mass is 464 g/mol. The fourth-order valence-electron chi connectivity index (χ4n) is 2.48. The number of nitrogens with zero attached hydrogens (tertiary/aromatic N) is 1. The van der Waals surface area contributed by atoms with Gasteiger partial charge in [-0.2, -0.15) is 5.10 Å². The minimum absolute atomic E-state index is 0.366. The number of methoxy groups -OCH3 is 2. The molecule has 1 amide bonds. The number of amides is 1. The van der Waals surface area contributed by atoms with Crippen LogP contribution < -0.4 is 24.4 Å². The number of hydrogen-bond acceptors (Lipinski definition) is 6. The molecule has 156 valence electrons. The van der Waals surface area contributed by atoms with E-state index in [-0.39, 0.29) is 5.91 Å². The average molecular weight is 465 g/mol. The smallest absolute Gasteiger partial charge is 0.271 e. The Kier molecular flexibility index (Phi) is 8.79. The van der Waals surface area contributed by atoms with Crippen molar-refractivity contribution >= 4 is 28.1 Å². The Morgan fingerprint density at radius 2 is 1.83 bits per heavy atom. The molecule has 0 fully saturated rings. The van der Waals surface area contributed by atoms with E-state index in [4.69, 9.17) is 18.9 Å². The molecule has 7 nitrogen and oxygen atoms in total. The van der Waals surface area contributed by atoms with Gasteiger partial charge in [0.15, 0.2) is 23.0 Å². The third kappa shape index (κ3) is 6.12. The fraction of sp³-hybridized carbons (Fsp3) is 0.333. The molecule has 0 bridgehead atoms. The summed E-state index contributed by atoms with van der Waals surface area (Å²) in [6.45, 7) is 5.04. The summed E-state index contributed by atoms with van der Waals surface area (Å²) in [4.78, 5) is 12.3. The van der Waals surface area contributed by atoms with Crippen molar-refractivity contribution in [2.75, 3.05) is 27.4 Å². The summed E-state index contributed by atoms with van der Waals surface area (Å²) in [6.07, 6.45) is 2.43. The molecule has 2 rings (SSSR count). The zero-order valence-corrected chi connectivity index (χ0v) is 18.5. The number of hydrogen-bond donors (Lipinski definition) is 1. The first kappa shape index (κ1) is 22.5. The molecular formula is C21H25BrN2O5. The van der Waals surface area contributed by atoms with Gasteiger partial charge in [-0.25, -0.2) is 5.43 Å². The lowest BCUT2D eigenvalue weighted by Gasteiger charge is -2.14. The molecule has 29 heavy (non-hydrogen) atoms. The largest absolute Gasteiger partial charge is 0.493 e. The van der Waals surface area contributed by atoms with E-state index in [1.54, 1.807) is 18.2 Å². The summed E-state index contributed by atoms with van der Waals surface area (Å²) in [5.74, 6) is 1.92. The van der Waals surface area contributed by atoms with Gasteiger partial charge in [0, 0.05) is 5.56 Å². The van der Waals surface area contributed by atoms with Crippen molar-refractivity contribution in [3.05, 3.63) is 45.9 Å². The molecule has 0 heterocycles. The molecule has 0 saturated carbocycles. The highest BCUT2D eigenvalue weighted by atomic mass is 79.9. The Balaban J connectivity index is 2.14. The van der Waals surface area contributed by atoms with Crippen LogP contribution in [0.5, 0.6) is 23.0 Å². The van der Waals surface area contributed by atoms with Gasteiger partial charge < -0.3 is 18.9 Å². The summed E-state index contributed by atoms with van der Waals surface area (Å²) in [5, 5.41) is 4.04. The van der Waals surface area contributed by atoms with Gasteiger partial charge in [-0.1, -0.05) is 6.92 Å². The molecule has 0 aliphatic heterocycles. The molecule has 0 unspecified atom stereocenters. The van der Waals surface area contributed by atoms with Gasteiger partial charge >= 0.3 is 0 Å². The van der Waals surface area contributed by atoms with E-state index in [0.29, 0.717) is 41.8 Å². The molecule has 8 heteroatoms. The topological polar surface area (TPSA) is 78.4 Å². The summed E-state index contributed by atoms with van der Waals surface area (Å²) < 4.78 is 22.6. The van der Waals surface area contributed by atoms with E-state index in [0.717, 1.165) is 16.5 Å². The number of nitrogens with one attached hydrogen (secondary N) is 1. The zero-order chi connectivity index (χ0) is 21.2. The van der Waals surface area contributed by atoms with Crippen molar-refractivity contribution in [2.45, 2.75) is 20.3 Å². The fourth-order valence-corrected chi connectivity index (χ4v) is 3.05. The second kappa shape index (κ2) is 11.3. The van der Waals surface area contributed by atoms with E-state index < -0.39 is 0 Å². The molecule has 0 spiro atoms. The second-order valence-corrected chi connectivity index (χ2v) is 6.73. The van der Waals surface area contributed by atoms with Crippen LogP contribution in [0.1, 0.15) is 36.2 Å². The van der Waals surface area contributed by atoms with Crippen LogP contribution in [0.25, 0.3) is 0 Å². The number of hydrazone groups is 1. The molecule has 0 radical (unpaired) electrons. The van der Waals surface area contributed by atoms with Crippen molar-refractivity contribution < 1.29 is 23.7 Å². The quantitative estimate of drug-likeness (QED) is 0.415. The SMILES string of the molecule is CCCOc1c(Br)cc(/C=N/NC(=O)c2ccc(OC)c(OC)c2)cc1OCC. The van der Waals surface area contributed by atoms with Gasteiger partial charge in [0.05, 0.1) is 38.1 Å². The van der Waals surface area contributed by atoms with Crippen LogP contribution >= 0.6 is 15.9 Å². The lowest BCUT2D eigenvalue weighted by atomic mass is 10.2. The molecule has 2 aromatic carbocycles. The third-order valence-corrected chi connectivity index (χ3v) is 4.40. The van der Waals surface area contributed by atoms with E-state index >= 15 is 0 Å². The van der Waals surface area contributed by atoms with E-state index in [2.05, 4.69) is 26.5 Å². The van der Waals surface area contributed by atoms with Crippen LogP contribution in [0.3, 0.4) is 0 Å². The molecule has 0 saturated heterocycles. The molecule has 2 aromatic rings. The first-order chi connectivity index (χ1) is 14.0. The maximum Gasteiger partial charge on any atom is 0.271 e. The van der Waals surface area contributed by atoms with Gasteiger partial charge in [-0.15, -0.1) is 0 Å². The Hall–Kier alpha value is -2.74. The minimum atomic E-state index is -0.366. The van der Waals surface area contributed by atoms with Crippen molar-refractivity contribution in [2.24, 2.45) is 5.10 Å². The Bertz CT molecular complexity index is 870. The minimum Gasteiger partial charge on any atom is -0.493 e. The average Bonchev–Trinajstić information content (AvgIpc) is 2.72. The second-order valence-electron chi connectivity index (χ2n) is 5.88. The third-order valence-electron chi connectivity index (χ3n) is 3.81. The molecule has 0 aromatic heterocycles.